The van der Waals surface area contributed by atoms with Gasteiger partial charge >= 0.3 is 0 Å². The summed E-state index contributed by atoms with van der Waals surface area (Å²) in [6, 6.07) is 9.67. The van der Waals surface area contributed by atoms with E-state index in [1.165, 1.54) is 6.07 Å². The van der Waals surface area contributed by atoms with Crippen molar-refractivity contribution in [2.45, 2.75) is 6.92 Å². The molecule has 2 aromatic carbocycles. The summed E-state index contributed by atoms with van der Waals surface area (Å²) in [4.78, 5) is 11.8. The molecule has 4 N–H and O–H groups in total. The van der Waals surface area contributed by atoms with Crippen LogP contribution in [0.3, 0.4) is 0 Å². The first kappa shape index (κ1) is 13.9. The maximum Gasteiger partial charge on any atom is 0.253 e. The normalized spacial score (nSPS) is 10.2. The minimum absolute atomic E-state index is 0.235. The van der Waals surface area contributed by atoms with Gasteiger partial charge in [-0.15, -0.1) is 0 Å². The van der Waals surface area contributed by atoms with Gasteiger partial charge in [-0.25, -0.2) is 4.39 Å². The van der Waals surface area contributed by atoms with Crippen molar-refractivity contribution in [1.29, 1.82) is 0 Å². The van der Waals surface area contributed by atoms with Crippen molar-refractivity contribution in [2.24, 2.45) is 0 Å². The second-order valence-corrected chi connectivity index (χ2v) is 4.42. The van der Waals surface area contributed by atoms with E-state index in [9.17, 15) is 9.18 Å². The molecule has 0 aromatic heterocycles. The summed E-state index contributed by atoms with van der Waals surface area (Å²) < 4.78 is 13.5. The van der Waals surface area contributed by atoms with Crippen molar-refractivity contribution in [3.05, 3.63) is 53.3 Å². The van der Waals surface area contributed by atoms with Crippen LogP contribution in [0.4, 0.5) is 21.5 Å². The van der Waals surface area contributed by atoms with Crippen LogP contribution in [0.25, 0.3) is 0 Å². The molecule has 2 aromatic rings. The first-order chi connectivity index (χ1) is 9.52. The molecule has 2 rings (SSSR count). The van der Waals surface area contributed by atoms with Crippen molar-refractivity contribution >= 4 is 23.0 Å². The van der Waals surface area contributed by atoms with Gasteiger partial charge in [0.25, 0.3) is 5.91 Å². The highest BCUT2D eigenvalue weighted by Crippen LogP contribution is 2.26. The third-order valence-corrected chi connectivity index (χ3v) is 3.05. The summed E-state index contributed by atoms with van der Waals surface area (Å²) >= 11 is 0. The average Bonchev–Trinajstić information content (AvgIpc) is 2.43. The lowest BCUT2D eigenvalue weighted by molar-refractivity contribution is 0.0964. The molecule has 0 bridgehead atoms. The number of nitrogens with two attached hydrogens (primary N) is 1. The van der Waals surface area contributed by atoms with Crippen LogP contribution in [-0.2, 0) is 0 Å². The number of carbonyl (C=O) groups excluding carboxylic acids is 1. The molecule has 0 atom stereocenters. The van der Waals surface area contributed by atoms with Crippen LogP contribution in [0.15, 0.2) is 36.4 Å². The summed E-state index contributed by atoms with van der Waals surface area (Å²) in [5.41, 5.74) is 8.34. The second kappa shape index (κ2) is 5.61. The van der Waals surface area contributed by atoms with Crippen molar-refractivity contribution in [3.8, 4) is 0 Å². The van der Waals surface area contributed by atoms with Crippen molar-refractivity contribution in [3.63, 3.8) is 0 Å². The van der Waals surface area contributed by atoms with Crippen LogP contribution < -0.4 is 16.4 Å². The molecule has 1 amide bonds. The SMILES string of the molecule is CNC(=O)c1ccc(N)cc1Nc1cccc(F)c1C. The van der Waals surface area contributed by atoms with E-state index in [4.69, 9.17) is 5.73 Å². The Morgan fingerprint density at radius 1 is 1.20 bits per heavy atom. The maximum absolute atomic E-state index is 13.5. The molecule has 0 saturated carbocycles. The molecular weight excluding hydrogens is 257 g/mol. The largest absolute Gasteiger partial charge is 0.399 e. The molecule has 0 aliphatic carbocycles. The fourth-order valence-electron chi connectivity index (χ4n) is 1.89. The number of anilines is 3. The molecule has 104 valence electrons. The fourth-order valence-corrected chi connectivity index (χ4v) is 1.89. The van der Waals surface area contributed by atoms with Gasteiger partial charge in [0, 0.05) is 24.0 Å². The molecule has 4 nitrogen and oxygen atoms in total. The quantitative estimate of drug-likeness (QED) is 0.753. The highest BCUT2D eigenvalue weighted by Gasteiger charge is 2.12. The molecule has 0 fully saturated rings. The number of hydrogen-bond donors (Lipinski definition) is 3. The molecule has 0 spiro atoms. The van der Waals surface area contributed by atoms with Crippen molar-refractivity contribution in [2.75, 3.05) is 18.1 Å². The minimum Gasteiger partial charge on any atom is -0.399 e. The second-order valence-electron chi connectivity index (χ2n) is 4.42. The Labute approximate surface area is 116 Å². The Morgan fingerprint density at radius 3 is 2.65 bits per heavy atom. The predicted molar refractivity (Wildman–Crippen MR) is 78.7 cm³/mol. The average molecular weight is 273 g/mol. The van der Waals surface area contributed by atoms with Gasteiger partial charge in [-0.1, -0.05) is 6.07 Å². The van der Waals surface area contributed by atoms with E-state index in [2.05, 4.69) is 10.6 Å². The van der Waals surface area contributed by atoms with Crippen LogP contribution >= 0.6 is 0 Å². The van der Waals surface area contributed by atoms with E-state index in [1.54, 1.807) is 44.3 Å². The van der Waals surface area contributed by atoms with E-state index >= 15 is 0 Å². The van der Waals surface area contributed by atoms with Crippen LogP contribution in [0.2, 0.25) is 0 Å². The zero-order chi connectivity index (χ0) is 14.7. The van der Waals surface area contributed by atoms with E-state index in [1.807, 2.05) is 0 Å². The number of nitrogens with one attached hydrogen (secondary N) is 2. The molecule has 0 saturated heterocycles. The summed E-state index contributed by atoms with van der Waals surface area (Å²) in [6.07, 6.45) is 0. The Kier molecular flexibility index (Phi) is 3.89. The van der Waals surface area contributed by atoms with Crippen molar-refractivity contribution in [1.82, 2.24) is 5.32 Å². The Bertz CT molecular complexity index is 656. The zero-order valence-corrected chi connectivity index (χ0v) is 11.3. The van der Waals surface area contributed by atoms with Gasteiger partial charge in [-0.3, -0.25) is 4.79 Å². The molecule has 20 heavy (non-hydrogen) atoms. The molecular formula is C15H16FN3O. The standard InChI is InChI=1S/C15H16FN3O/c1-9-12(16)4-3-5-13(9)19-14-8-10(17)6-7-11(14)15(20)18-2/h3-8,19H,17H2,1-2H3,(H,18,20). The van der Waals surface area contributed by atoms with Gasteiger partial charge in [0.2, 0.25) is 0 Å². The molecule has 0 aliphatic heterocycles. The fraction of sp³-hybridized carbons (Fsp3) is 0.133. The summed E-state index contributed by atoms with van der Waals surface area (Å²) in [7, 11) is 1.55. The highest BCUT2D eigenvalue weighted by atomic mass is 19.1. The molecule has 0 unspecified atom stereocenters. The summed E-state index contributed by atoms with van der Waals surface area (Å²) in [6.45, 7) is 1.67. The zero-order valence-electron chi connectivity index (χ0n) is 11.3. The lowest BCUT2D eigenvalue weighted by Gasteiger charge is -2.14. The molecule has 0 radical (unpaired) electrons. The number of hydrogen-bond acceptors (Lipinski definition) is 3. The number of halogens is 1. The third-order valence-electron chi connectivity index (χ3n) is 3.05. The van der Waals surface area contributed by atoms with Gasteiger partial charge in [0.15, 0.2) is 0 Å². The first-order valence-corrected chi connectivity index (χ1v) is 6.16. The summed E-state index contributed by atoms with van der Waals surface area (Å²) in [5.74, 6) is -0.540. The van der Waals surface area contributed by atoms with Crippen molar-refractivity contribution < 1.29 is 9.18 Å². The molecule has 0 aliphatic rings. The lowest BCUT2D eigenvalue weighted by atomic mass is 10.1. The number of carbonyl (C=O) groups is 1. The number of nitrogen functional groups attached to an aromatic ring is 1. The van der Waals surface area contributed by atoms with Crippen LogP contribution in [0.1, 0.15) is 15.9 Å². The maximum atomic E-state index is 13.5. The smallest absolute Gasteiger partial charge is 0.253 e. The molecule has 5 heteroatoms. The predicted octanol–water partition coefficient (Wildman–Crippen LogP) is 2.82. The van der Waals surface area contributed by atoms with E-state index in [0.29, 0.717) is 28.2 Å². The minimum atomic E-state index is -0.305. The van der Waals surface area contributed by atoms with Gasteiger partial charge in [0.1, 0.15) is 5.82 Å². The first-order valence-electron chi connectivity index (χ1n) is 6.16. The van der Waals surface area contributed by atoms with E-state index in [-0.39, 0.29) is 11.7 Å². The number of amides is 1. The van der Waals surface area contributed by atoms with Gasteiger partial charge in [-0.05, 0) is 37.3 Å². The lowest BCUT2D eigenvalue weighted by Crippen LogP contribution is -2.19. The number of rotatable bonds is 3. The highest BCUT2D eigenvalue weighted by molar-refractivity contribution is 6.00. The third kappa shape index (κ3) is 2.71. The number of benzene rings is 2. The Morgan fingerprint density at radius 2 is 1.95 bits per heavy atom. The summed E-state index contributed by atoms with van der Waals surface area (Å²) in [5, 5.41) is 5.62. The molecule has 0 heterocycles. The van der Waals surface area contributed by atoms with Crippen LogP contribution in [-0.4, -0.2) is 13.0 Å². The van der Waals surface area contributed by atoms with Gasteiger partial charge in [0.05, 0.1) is 11.3 Å². The van der Waals surface area contributed by atoms with Gasteiger partial charge in [-0.2, -0.15) is 0 Å². The van der Waals surface area contributed by atoms with Crippen LogP contribution in [0.5, 0.6) is 0 Å². The monoisotopic (exact) mass is 273 g/mol. The topological polar surface area (TPSA) is 67.2 Å². The van der Waals surface area contributed by atoms with E-state index in [0.717, 1.165) is 0 Å². The van der Waals surface area contributed by atoms with Crippen LogP contribution in [0, 0.1) is 12.7 Å². The van der Waals surface area contributed by atoms with E-state index < -0.39 is 0 Å². The Hall–Kier alpha value is -2.56. The Balaban J connectivity index is 2.44. The van der Waals surface area contributed by atoms with Gasteiger partial charge < -0.3 is 16.4 Å².